The molecule has 0 amide bonds. The molecule has 0 aliphatic rings. The molecule has 0 radical (unpaired) electrons. The lowest BCUT2D eigenvalue weighted by Gasteiger charge is -2.13. The second-order valence-electron chi connectivity index (χ2n) is 4.67. The molecule has 0 aliphatic heterocycles. The third kappa shape index (κ3) is 3.81. The van der Waals surface area contributed by atoms with E-state index in [0.29, 0.717) is 4.47 Å². The van der Waals surface area contributed by atoms with E-state index in [1.807, 2.05) is 24.3 Å². The summed E-state index contributed by atoms with van der Waals surface area (Å²) in [5, 5.41) is 0. The molecule has 106 valence electrons. The molecular weight excluding hydrogens is 321 g/mol. The lowest BCUT2D eigenvalue weighted by molar-refractivity contribution is 0.414. The zero-order chi connectivity index (χ0) is 14.5. The summed E-state index contributed by atoms with van der Waals surface area (Å²) in [6.07, 6.45) is 1.69. The Morgan fingerprint density at radius 1 is 1.20 bits per heavy atom. The van der Waals surface area contributed by atoms with E-state index in [9.17, 15) is 4.39 Å². The molecule has 1 atom stereocenters. The zero-order valence-electron chi connectivity index (χ0n) is 11.3. The van der Waals surface area contributed by atoms with Crippen molar-refractivity contribution < 1.29 is 9.13 Å². The largest absolute Gasteiger partial charge is 0.497 e. The lowest BCUT2D eigenvalue weighted by Crippen LogP contribution is -2.11. The molecule has 1 unspecified atom stereocenters. The number of hydrogen-bond donors (Lipinski definition) is 1. The molecule has 2 aromatic rings. The fraction of sp³-hybridized carbons (Fsp3) is 0.250. The minimum absolute atomic E-state index is 0.103. The van der Waals surface area contributed by atoms with Gasteiger partial charge in [0, 0.05) is 6.04 Å². The SMILES string of the molecule is COc1ccc(CCC(N)c2ccc(F)c(Br)c2)cc1. The van der Waals surface area contributed by atoms with Gasteiger partial charge in [-0.05, 0) is 64.2 Å². The van der Waals surface area contributed by atoms with Gasteiger partial charge in [-0.3, -0.25) is 0 Å². The van der Waals surface area contributed by atoms with Gasteiger partial charge in [-0.2, -0.15) is 0 Å². The Morgan fingerprint density at radius 2 is 1.90 bits per heavy atom. The summed E-state index contributed by atoms with van der Waals surface area (Å²) in [6, 6.07) is 12.8. The molecule has 0 aliphatic carbocycles. The molecule has 20 heavy (non-hydrogen) atoms. The van der Waals surface area contributed by atoms with Gasteiger partial charge in [0.25, 0.3) is 0 Å². The molecule has 0 saturated carbocycles. The van der Waals surface area contributed by atoms with Crippen molar-refractivity contribution in [3.63, 3.8) is 0 Å². The Balaban J connectivity index is 1.96. The highest BCUT2D eigenvalue weighted by atomic mass is 79.9. The maximum absolute atomic E-state index is 13.2. The monoisotopic (exact) mass is 337 g/mol. The predicted octanol–water partition coefficient (Wildman–Crippen LogP) is 4.23. The third-order valence-corrected chi connectivity index (χ3v) is 3.88. The van der Waals surface area contributed by atoms with E-state index in [4.69, 9.17) is 10.5 Å². The fourth-order valence-corrected chi connectivity index (χ4v) is 2.42. The summed E-state index contributed by atoms with van der Waals surface area (Å²) in [7, 11) is 1.65. The fourth-order valence-electron chi connectivity index (χ4n) is 2.02. The van der Waals surface area contributed by atoms with Crippen LogP contribution < -0.4 is 10.5 Å². The first-order valence-corrected chi connectivity index (χ1v) is 7.23. The summed E-state index contributed by atoms with van der Waals surface area (Å²) < 4.78 is 18.8. The van der Waals surface area contributed by atoms with Crippen molar-refractivity contribution in [1.29, 1.82) is 0 Å². The second-order valence-corrected chi connectivity index (χ2v) is 5.52. The van der Waals surface area contributed by atoms with Crippen molar-refractivity contribution in [3.8, 4) is 5.75 Å². The van der Waals surface area contributed by atoms with E-state index in [0.717, 1.165) is 24.2 Å². The maximum atomic E-state index is 13.2. The predicted molar refractivity (Wildman–Crippen MR) is 82.3 cm³/mol. The topological polar surface area (TPSA) is 35.2 Å². The first kappa shape index (κ1) is 15.0. The maximum Gasteiger partial charge on any atom is 0.137 e. The van der Waals surface area contributed by atoms with Crippen LogP contribution in [0.2, 0.25) is 0 Å². The molecule has 2 N–H and O–H groups in total. The van der Waals surface area contributed by atoms with Crippen molar-refractivity contribution in [2.24, 2.45) is 5.73 Å². The van der Waals surface area contributed by atoms with Crippen molar-refractivity contribution in [2.45, 2.75) is 18.9 Å². The summed E-state index contributed by atoms with van der Waals surface area (Å²) in [6.45, 7) is 0. The molecule has 0 heterocycles. The number of benzene rings is 2. The zero-order valence-corrected chi connectivity index (χ0v) is 12.9. The van der Waals surface area contributed by atoms with Crippen LogP contribution in [0.5, 0.6) is 5.75 Å². The molecule has 2 nitrogen and oxygen atoms in total. The van der Waals surface area contributed by atoms with E-state index < -0.39 is 0 Å². The quantitative estimate of drug-likeness (QED) is 0.886. The van der Waals surface area contributed by atoms with Gasteiger partial charge in [0.05, 0.1) is 11.6 Å². The highest BCUT2D eigenvalue weighted by Gasteiger charge is 2.09. The Morgan fingerprint density at radius 3 is 2.50 bits per heavy atom. The molecule has 2 aromatic carbocycles. The normalized spacial score (nSPS) is 12.2. The number of hydrogen-bond acceptors (Lipinski definition) is 2. The van der Waals surface area contributed by atoms with Gasteiger partial charge >= 0.3 is 0 Å². The number of aryl methyl sites for hydroxylation is 1. The highest BCUT2D eigenvalue weighted by Crippen LogP contribution is 2.23. The van der Waals surface area contributed by atoms with Crippen molar-refractivity contribution in [2.75, 3.05) is 7.11 Å². The summed E-state index contributed by atoms with van der Waals surface area (Å²) in [5.41, 5.74) is 8.30. The van der Waals surface area contributed by atoms with Crippen LogP contribution in [0.4, 0.5) is 4.39 Å². The highest BCUT2D eigenvalue weighted by molar-refractivity contribution is 9.10. The van der Waals surface area contributed by atoms with E-state index in [-0.39, 0.29) is 11.9 Å². The molecule has 0 fully saturated rings. The number of ether oxygens (including phenoxy) is 1. The number of nitrogens with two attached hydrogens (primary N) is 1. The van der Waals surface area contributed by atoms with Crippen LogP contribution in [0.1, 0.15) is 23.6 Å². The Labute approximate surface area is 126 Å². The van der Waals surface area contributed by atoms with Gasteiger partial charge in [0.1, 0.15) is 11.6 Å². The smallest absolute Gasteiger partial charge is 0.137 e. The van der Waals surface area contributed by atoms with Gasteiger partial charge in [-0.1, -0.05) is 18.2 Å². The van der Waals surface area contributed by atoms with Crippen molar-refractivity contribution >= 4 is 15.9 Å². The molecule has 0 aromatic heterocycles. The van der Waals surface area contributed by atoms with E-state index in [2.05, 4.69) is 15.9 Å². The van der Waals surface area contributed by atoms with Crippen LogP contribution in [0.25, 0.3) is 0 Å². The standard InChI is InChI=1S/C16H17BrFNO/c1-20-13-6-2-11(3-7-13)4-9-16(19)12-5-8-15(18)14(17)10-12/h2-3,5-8,10,16H,4,9,19H2,1H3. The molecular formula is C16H17BrFNO. The van der Waals surface area contributed by atoms with E-state index >= 15 is 0 Å². The summed E-state index contributed by atoms with van der Waals surface area (Å²) >= 11 is 3.18. The van der Waals surface area contributed by atoms with Crippen LogP contribution in [-0.2, 0) is 6.42 Å². The van der Waals surface area contributed by atoms with Gasteiger partial charge in [-0.15, -0.1) is 0 Å². The van der Waals surface area contributed by atoms with Crippen LogP contribution in [0.3, 0.4) is 0 Å². The second kappa shape index (κ2) is 6.86. The Bertz CT molecular complexity index is 571. The minimum atomic E-state index is -0.267. The first-order valence-electron chi connectivity index (χ1n) is 6.43. The van der Waals surface area contributed by atoms with Crippen LogP contribution >= 0.6 is 15.9 Å². The summed E-state index contributed by atoms with van der Waals surface area (Å²) in [4.78, 5) is 0. The van der Waals surface area contributed by atoms with Crippen molar-refractivity contribution in [3.05, 3.63) is 63.9 Å². The Kier molecular flexibility index (Phi) is 5.15. The van der Waals surface area contributed by atoms with Crippen LogP contribution in [0.15, 0.2) is 46.9 Å². The average molecular weight is 338 g/mol. The average Bonchev–Trinajstić information content (AvgIpc) is 2.48. The van der Waals surface area contributed by atoms with Crippen molar-refractivity contribution in [1.82, 2.24) is 0 Å². The van der Waals surface area contributed by atoms with Gasteiger partial charge in [-0.25, -0.2) is 4.39 Å². The molecule has 0 saturated heterocycles. The van der Waals surface area contributed by atoms with Gasteiger partial charge < -0.3 is 10.5 Å². The Hall–Kier alpha value is -1.39. The minimum Gasteiger partial charge on any atom is -0.497 e. The summed E-state index contributed by atoms with van der Waals surface area (Å²) in [5.74, 6) is 0.580. The lowest BCUT2D eigenvalue weighted by atomic mass is 10.00. The molecule has 2 rings (SSSR count). The molecule has 0 spiro atoms. The first-order chi connectivity index (χ1) is 9.60. The number of rotatable bonds is 5. The number of halogens is 2. The van der Waals surface area contributed by atoms with E-state index in [1.165, 1.54) is 11.6 Å². The van der Waals surface area contributed by atoms with Crippen LogP contribution in [0, 0.1) is 5.82 Å². The molecule has 4 heteroatoms. The molecule has 0 bridgehead atoms. The van der Waals surface area contributed by atoms with Crippen LogP contribution in [-0.4, -0.2) is 7.11 Å². The van der Waals surface area contributed by atoms with Gasteiger partial charge in [0.15, 0.2) is 0 Å². The number of methoxy groups -OCH3 is 1. The van der Waals surface area contributed by atoms with E-state index in [1.54, 1.807) is 19.2 Å². The third-order valence-electron chi connectivity index (χ3n) is 3.27. The van der Waals surface area contributed by atoms with Gasteiger partial charge in [0.2, 0.25) is 0 Å².